The zero-order chi connectivity index (χ0) is 19.0. The maximum atomic E-state index is 13.1. The minimum atomic E-state index is -0.282. The second-order valence-corrected chi connectivity index (χ2v) is 7.76. The number of furan rings is 1. The van der Waals surface area contributed by atoms with Crippen molar-refractivity contribution in [1.82, 2.24) is 5.32 Å². The number of carbonyl (C=O) groups is 2. The number of Topliss-reactive ketones (excluding diaryl/α,β-unsaturated/α-hetero) is 1. The zero-order valence-electron chi connectivity index (χ0n) is 15.5. The first-order valence-electron chi connectivity index (χ1n) is 9.71. The molecule has 1 heterocycles. The Morgan fingerprint density at radius 1 is 1.26 bits per heavy atom. The van der Waals surface area contributed by atoms with E-state index in [4.69, 9.17) is 4.42 Å². The lowest BCUT2D eigenvalue weighted by Crippen LogP contribution is -2.48. The van der Waals surface area contributed by atoms with Crippen molar-refractivity contribution in [2.45, 2.75) is 57.6 Å². The van der Waals surface area contributed by atoms with E-state index in [1.807, 2.05) is 30.3 Å². The summed E-state index contributed by atoms with van der Waals surface area (Å²) in [5.41, 5.74) is 2.02. The monoisotopic (exact) mass is 367 g/mol. The molecule has 0 saturated heterocycles. The van der Waals surface area contributed by atoms with E-state index >= 15 is 0 Å². The van der Waals surface area contributed by atoms with Gasteiger partial charge in [0.2, 0.25) is 0 Å². The molecule has 1 aromatic carbocycles. The van der Waals surface area contributed by atoms with Gasteiger partial charge in [0.1, 0.15) is 11.5 Å². The lowest BCUT2D eigenvalue weighted by atomic mass is 9.75. The number of hydrogen-bond acceptors (Lipinski definition) is 4. The molecule has 4 rings (SSSR count). The summed E-state index contributed by atoms with van der Waals surface area (Å²) in [5, 5.41) is 12.9. The second kappa shape index (κ2) is 7.31. The molecule has 0 bridgehead atoms. The number of ketones is 1. The normalized spacial score (nSPS) is 22.7. The van der Waals surface area contributed by atoms with Crippen LogP contribution in [0.25, 0.3) is 0 Å². The average molecular weight is 367 g/mol. The molecule has 2 aromatic rings. The van der Waals surface area contributed by atoms with Crippen LogP contribution < -0.4 is 5.32 Å². The summed E-state index contributed by atoms with van der Waals surface area (Å²) in [5.74, 6) is 1.15. The Labute approximate surface area is 158 Å². The van der Waals surface area contributed by atoms with Crippen molar-refractivity contribution >= 4 is 11.7 Å². The zero-order valence-corrected chi connectivity index (χ0v) is 15.5. The van der Waals surface area contributed by atoms with Crippen molar-refractivity contribution in [3.63, 3.8) is 0 Å². The standard InChI is InChI=1S/C22H25NO4/c1-13-20(21-18(25)8-5-9-19(21)27-13)22(26)23-17(15-11-16(24)12-15)10-14-6-3-2-4-7-14/h2-4,6-7,15-17,24H,5,8-12H2,1H3,(H,23,26)/t15?,16?,17-/m1/s1. The molecule has 1 aromatic heterocycles. The first-order chi connectivity index (χ1) is 13.0. The average Bonchev–Trinajstić information content (AvgIpc) is 2.97. The summed E-state index contributed by atoms with van der Waals surface area (Å²) in [6.07, 6.45) is 3.76. The van der Waals surface area contributed by atoms with Gasteiger partial charge in [0.15, 0.2) is 5.78 Å². The van der Waals surface area contributed by atoms with Gasteiger partial charge < -0.3 is 14.8 Å². The number of benzene rings is 1. The van der Waals surface area contributed by atoms with Gasteiger partial charge in [-0.05, 0) is 44.1 Å². The lowest BCUT2D eigenvalue weighted by molar-refractivity contribution is 0.0239. The number of aliphatic hydroxyl groups is 1. The summed E-state index contributed by atoms with van der Waals surface area (Å²) in [4.78, 5) is 25.5. The molecule has 2 N–H and O–H groups in total. The molecule has 1 atom stereocenters. The third-order valence-corrected chi connectivity index (χ3v) is 5.80. The van der Waals surface area contributed by atoms with Crippen molar-refractivity contribution in [3.8, 4) is 0 Å². The van der Waals surface area contributed by atoms with Gasteiger partial charge in [-0.15, -0.1) is 0 Å². The van der Waals surface area contributed by atoms with Crippen molar-refractivity contribution in [3.05, 3.63) is 58.5 Å². The van der Waals surface area contributed by atoms with Crippen LogP contribution in [-0.2, 0) is 12.8 Å². The number of carbonyl (C=O) groups excluding carboxylic acids is 2. The molecular formula is C22H25NO4. The molecule has 2 aliphatic carbocycles. The molecule has 1 amide bonds. The molecule has 0 radical (unpaired) electrons. The van der Waals surface area contributed by atoms with Crippen LogP contribution in [0.4, 0.5) is 0 Å². The first kappa shape index (κ1) is 18.0. The van der Waals surface area contributed by atoms with Crippen LogP contribution in [0.15, 0.2) is 34.7 Å². The molecular weight excluding hydrogens is 342 g/mol. The van der Waals surface area contributed by atoms with Crippen molar-refractivity contribution in [2.75, 3.05) is 0 Å². The smallest absolute Gasteiger partial charge is 0.255 e. The van der Waals surface area contributed by atoms with Crippen molar-refractivity contribution in [2.24, 2.45) is 5.92 Å². The Bertz CT molecular complexity index is 849. The third-order valence-electron chi connectivity index (χ3n) is 5.80. The second-order valence-electron chi connectivity index (χ2n) is 7.76. The van der Waals surface area contributed by atoms with Gasteiger partial charge in [-0.1, -0.05) is 30.3 Å². The number of fused-ring (bicyclic) bond motifs is 1. The van der Waals surface area contributed by atoms with Gasteiger partial charge >= 0.3 is 0 Å². The molecule has 142 valence electrons. The SMILES string of the molecule is Cc1oc2c(c1C(=O)N[C@H](Cc1ccccc1)C1CC(O)C1)C(=O)CCC2. The number of hydrogen-bond donors (Lipinski definition) is 2. The summed E-state index contributed by atoms with van der Waals surface area (Å²) < 4.78 is 5.72. The third kappa shape index (κ3) is 3.56. The number of amides is 1. The highest BCUT2D eigenvalue weighted by Gasteiger charge is 2.37. The van der Waals surface area contributed by atoms with E-state index in [1.54, 1.807) is 6.92 Å². The van der Waals surface area contributed by atoms with Crippen LogP contribution >= 0.6 is 0 Å². The Kier molecular flexibility index (Phi) is 4.87. The number of aryl methyl sites for hydroxylation is 2. The maximum absolute atomic E-state index is 13.1. The molecule has 5 nitrogen and oxygen atoms in total. The van der Waals surface area contributed by atoms with Gasteiger partial charge in [0.05, 0.1) is 17.2 Å². The first-order valence-corrected chi connectivity index (χ1v) is 9.71. The lowest BCUT2D eigenvalue weighted by Gasteiger charge is -2.38. The fraction of sp³-hybridized carbons (Fsp3) is 0.455. The molecule has 0 unspecified atom stereocenters. The minimum absolute atomic E-state index is 0.00285. The van der Waals surface area contributed by atoms with Crippen LogP contribution in [0.5, 0.6) is 0 Å². The molecule has 5 heteroatoms. The van der Waals surface area contributed by atoms with E-state index in [-0.39, 0.29) is 29.8 Å². The van der Waals surface area contributed by atoms with Crippen LogP contribution in [0.1, 0.15) is 63.5 Å². The van der Waals surface area contributed by atoms with Crippen LogP contribution in [0.2, 0.25) is 0 Å². The Morgan fingerprint density at radius 2 is 2.00 bits per heavy atom. The van der Waals surface area contributed by atoms with Gasteiger partial charge in [-0.25, -0.2) is 0 Å². The Morgan fingerprint density at radius 3 is 2.70 bits per heavy atom. The summed E-state index contributed by atoms with van der Waals surface area (Å²) in [6, 6.07) is 9.95. The summed E-state index contributed by atoms with van der Waals surface area (Å²) in [6.45, 7) is 1.75. The largest absolute Gasteiger partial charge is 0.465 e. The molecule has 0 spiro atoms. The van der Waals surface area contributed by atoms with Crippen LogP contribution in [0, 0.1) is 12.8 Å². The fourth-order valence-corrected chi connectivity index (χ4v) is 4.28. The Balaban J connectivity index is 1.57. The van der Waals surface area contributed by atoms with E-state index in [0.29, 0.717) is 54.8 Å². The van der Waals surface area contributed by atoms with Crippen LogP contribution in [0.3, 0.4) is 0 Å². The molecule has 0 aliphatic heterocycles. The molecule has 2 aliphatic rings. The summed E-state index contributed by atoms with van der Waals surface area (Å²) in [7, 11) is 0. The van der Waals surface area contributed by atoms with E-state index < -0.39 is 0 Å². The number of aliphatic hydroxyl groups excluding tert-OH is 1. The van der Waals surface area contributed by atoms with Crippen molar-refractivity contribution < 1.29 is 19.1 Å². The van der Waals surface area contributed by atoms with Crippen LogP contribution in [-0.4, -0.2) is 28.9 Å². The molecule has 27 heavy (non-hydrogen) atoms. The van der Waals surface area contributed by atoms with Gasteiger partial charge in [-0.3, -0.25) is 9.59 Å². The maximum Gasteiger partial charge on any atom is 0.255 e. The topological polar surface area (TPSA) is 79.5 Å². The summed E-state index contributed by atoms with van der Waals surface area (Å²) >= 11 is 0. The Hall–Kier alpha value is -2.40. The fourth-order valence-electron chi connectivity index (χ4n) is 4.28. The highest BCUT2D eigenvalue weighted by Crippen LogP contribution is 2.33. The molecule has 1 saturated carbocycles. The molecule has 1 fully saturated rings. The minimum Gasteiger partial charge on any atom is -0.465 e. The van der Waals surface area contributed by atoms with Gasteiger partial charge in [0.25, 0.3) is 5.91 Å². The highest BCUT2D eigenvalue weighted by molar-refractivity contribution is 6.10. The van der Waals surface area contributed by atoms with E-state index in [9.17, 15) is 14.7 Å². The van der Waals surface area contributed by atoms with E-state index in [0.717, 1.165) is 12.0 Å². The van der Waals surface area contributed by atoms with E-state index in [1.165, 1.54) is 0 Å². The van der Waals surface area contributed by atoms with Gasteiger partial charge in [-0.2, -0.15) is 0 Å². The quantitative estimate of drug-likeness (QED) is 0.850. The van der Waals surface area contributed by atoms with E-state index in [2.05, 4.69) is 5.32 Å². The number of nitrogens with one attached hydrogen (secondary N) is 1. The predicted octanol–water partition coefficient (Wildman–Crippen LogP) is 3.22. The van der Waals surface area contributed by atoms with Crippen molar-refractivity contribution in [1.29, 1.82) is 0 Å². The number of rotatable bonds is 5. The predicted molar refractivity (Wildman–Crippen MR) is 101 cm³/mol. The van der Waals surface area contributed by atoms with Gasteiger partial charge in [0, 0.05) is 18.9 Å². The highest BCUT2D eigenvalue weighted by atomic mass is 16.3.